The van der Waals surface area contributed by atoms with Crippen LogP contribution in [0.15, 0.2) is 85.1 Å². The topological polar surface area (TPSA) is 56.1 Å². The van der Waals surface area contributed by atoms with E-state index in [1.807, 2.05) is 42.5 Å². The maximum atomic E-state index is 13.0. The van der Waals surface area contributed by atoms with Gasteiger partial charge in [-0.1, -0.05) is 41.9 Å². The molecule has 0 saturated carbocycles. The molecule has 6 heteroatoms. The van der Waals surface area contributed by atoms with E-state index in [2.05, 4.69) is 10.4 Å². The lowest BCUT2D eigenvalue weighted by atomic mass is 10.1. The average Bonchev–Trinajstić information content (AvgIpc) is 3.21. The molecule has 1 aromatic heterocycles. The number of benzene rings is 3. The zero-order valence-electron chi connectivity index (χ0n) is 15.7. The van der Waals surface area contributed by atoms with Gasteiger partial charge in [0.25, 0.3) is 5.91 Å². The number of anilines is 1. The highest BCUT2D eigenvalue weighted by Gasteiger charge is 2.19. The van der Waals surface area contributed by atoms with E-state index in [4.69, 9.17) is 16.3 Å². The predicted molar refractivity (Wildman–Crippen MR) is 115 cm³/mol. The fourth-order valence-corrected chi connectivity index (χ4v) is 3.07. The van der Waals surface area contributed by atoms with E-state index in [0.29, 0.717) is 22.0 Å². The van der Waals surface area contributed by atoms with Crippen molar-refractivity contribution in [2.45, 2.75) is 0 Å². The quantitative estimate of drug-likeness (QED) is 0.481. The Morgan fingerprint density at radius 3 is 2.31 bits per heavy atom. The maximum Gasteiger partial charge on any atom is 0.259 e. The van der Waals surface area contributed by atoms with Crippen LogP contribution in [-0.2, 0) is 0 Å². The number of amides is 1. The number of nitrogens with zero attached hydrogens (tertiary/aromatic N) is 2. The van der Waals surface area contributed by atoms with Crippen LogP contribution in [0.4, 0.5) is 5.69 Å². The predicted octanol–water partition coefficient (Wildman–Crippen LogP) is 5.45. The molecule has 0 spiro atoms. The molecule has 0 aliphatic rings. The van der Waals surface area contributed by atoms with Crippen LogP contribution in [0.5, 0.6) is 5.75 Å². The molecule has 0 fully saturated rings. The minimum absolute atomic E-state index is 0.241. The molecule has 0 saturated heterocycles. The van der Waals surface area contributed by atoms with Gasteiger partial charge in [-0.2, -0.15) is 5.10 Å². The van der Waals surface area contributed by atoms with Crippen LogP contribution in [0.2, 0.25) is 5.02 Å². The summed E-state index contributed by atoms with van der Waals surface area (Å²) in [5.41, 5.74) is 3.43. The number of nitrogens with one attached hydrogen (secondary N) is 1. The second-order valence-corrected chi connectivity index (χ2v) is 6.80. The van der Waals surface area contributed by atoms with Crippen LogP contribution in [0, 0.1) is 0 Å². The largest absolute Gasteiger partial charge is 0.497 e. The fraction of sp³-hybridized carbons (Fsp3) is 0.0435. The summed E-state index contributed by atoms with van der Waals surface area (Å²) in [7, 11) is 1.60. The van der Waals surface area contributed by atoms with Crippen LogP contribution in [0.25, 0.3) is 16.9 Å². The van der Waals surface area contributed by atoms with Crippen LogP contribution in [0.1, 0.15) is 10.4 Å². The first-order valence-electron chi connectivity index (χ1n) is 9.00. The van der Waals surface area contributed by atoms with Crippen molar-refractivity contribution in [3.63, 3.8) is 0 Å². The van der Waals surface area contributed by atoms with Gasteiger partial charge < -0.3 is 10.1 Å². The van der Waals surface area contributed by atoms with E-state index in [9.17, 15) is 4.79 Å². The summed E-state index contributed by atoms with van der Waals surface area (Å²) >= 11 is 5.99. The molecule has 0 aliphatic carbocycles. The zero-order chi connectivity index (χ0) is 20.2. The molecule has 5 nitrogen and oxygen atoms in total. The summed E-state index contributed by atoms with van der Waals surface area (Å²) in [6.45, 7) is 0. The van der Waals surface area contributed by atoms with Crippen LogP contribution in [-0.4, -0.2) is 22.8 Å². The zero-order valence-corrected chi connectivity index (χ0v) is 16.4. The first-order valence-corrected chi connectivity index (χ1v) is 9.38. The molecular weight excluding hydrogens is 386 g/mol. The highest BCUT2D eigenvalue weighted by Crippen LogP contribution is 2.25. The third-order valence-electron chi connectivity index (χ3n) is 4.45. The van der Waals surface area contributed by atoms with Crippen molar-refractivity contribution in [3.05, 3.63) is 95.6 Å². The number of aromatic nitrogens is 2. The smallest absolute Gasteiger partial charge is 0.259 e. The number of ether oxygens (including phenoxy) is 1. The molecule has 4 rings (SSSR count). The van der Waals surface area contributed by atoms with Crippen molar-refractivity contribution in [3.8, 4) is 22.7 Å². The summed E-state index contributed by atoms with van der Waals surface area (Å²) < 4.78 is 6.84. The summed E-state index contributed by atoms with van der Waals surface area (Å²) in [5, 5.41) is 8.23. The molecule has 29 heavy (non-hydrogen) atoms. The average molecular weight is 404 g/mol. The number of hydrogen-bond donors (Lipinski definition) is 1. The molecule has 1 N–H and O–H groups in total. The Morgan fingerprint density at radius 1 is 0.966 bits per heavy atom. The maximum absolute atomic E-state index is 13.0. The highest BCUT2D eigenvalue weighted by molar-refractivity contribution is 6.30. The molecule has 0 atom stereocenters. The number of carbonyl (C=O) groups excluding carboxylic acids is 1. The first-order chi connectivity index (χ1) is 14.1. The normalized spacial score (nSPS) is 10.6. The SMILES string of the molecule is COc1ccc(NC(=O)c2cn(-c3ccc(Cl)cc3)nc2-c2ccccc2)cc1. The molecule has 4 aromatic rings. The minimum Gasteiger partial charge on any atom is -0.497 e. The number of carbonyl (C=O) groups is 1. The Kier molecular flexibility index (Phi) is 5.31. The van der Waals surface area contributed by atoms with Crippen molar-refractivity contribution < 1.29 is 9.53 Å². The number of hydrogen-bond acceptors (Lipinski definition) is 3. The van der Waals surface area contributed by atoms with E-state index in [0.717, 1.165) is 17.0 Å². The van der Waals surface area contributed by atoms with Crippen LogP contribution < -0.4 is 10.1 Å². The molecular formula is C23H18ClN3O2. The third-order valence-corrected chi connectivity index (χ3v) is 4.70. The number of halogens is 1. The summed E-state index contributed by atoms with van der Waals surface area (Å²) in [6, 6.07) is 24.1. The standard InChI is InChI=1S/C23H18ClN3O2/c1-29-20-13-9-18(10-14-20)25-23(28)21-15-27(19-11-7-17(24)8-12-19)26-22(21)16-5-3-2-4-6-16/h2-15H,1H3,(H,25,28). The molecule has 0 unspecified atom stereocenters. The van der Waals surface area contributed by atoms with Gasteiger partial charge in [0.05, 0.1) is 18.4 Å². The van der Waals surface area contributed by atoms with Gasteiger partial charge in [-0.25, -0.2) is 4.68 Å². The second kappa shape index (κ2) is 8.20. The molecule has 0 bridgehead atoms. The van der Waals surface area contributed by atoms with Crippen molar-refractivity contribution in [1.82, 2.24) is 9.78 Å². The summed E-state index contributed by atoms with van der Waals surface area (Å²) in [4.78, 5) is 13.0. The van der Waals surface area contributed by atoms with Gasteiger partial charge in [0.15, 0.2) is 0 Å². The second-order valence-electron chi connectivity index (χ2n) is 6.36. The van der Waals surface area contributed by atoms with Gasteiger partial charge >= 0.3 is 0 Å². The van der Waals surface area contributed by atoms with Crippen molar-refractivity contribution in [2.75, 3.05) is 12.4 Å². The van der Waals surface area contributed by atoms with E-state index >= 15 is 0 Å². The Morgan fingerprint density at radius 2 is 1.66 bits per heavy atom. The molecule has 0 aliphatic heterocycles. The Bertz CT molecular complexity index is 1120. The lowest BCUT2D eigenvalue weighted by Gasteiger charge is -2.06. The van der Waals surface area contributed by atoms with Gasteiger partial charge in [-0.05, 0) is 48.5 Å². The van der Waals surface area contributed by atoms with Gasteiger partial charge in [-0.3, -0.25) is 4.79 Å². The van der Waals surface area contributed by atoms with E-state index < -0.39 is 0 Å². The summed E-state index contributed by atoms with van der Waals surface area (Å²) in [5.74, 6) is 0.484. The molecule has 1 amide bonds. The monoisotopic (exact) mass is 403 g/mol. The van der Waals surface area contributed by atoms with E-state index in [-0.39, 0.29) is 5.91 Å². The summed E-state index contributed by atoms with van der Waals surface area (Å²) in [6.07, 6.45) is 1.73. The third kappa shape index (κ3) is 4.15. The lowest BCUT2D eigenvalue weighted by molar-refractivity contribution is 0.102. The van der Waals surface area contributed by atoms with Crippen molar-refractivity contribution in [2.24, 2.45) is 0 Å². The Hall–Kier alpha value is -3.57. The van der Waals surface area contributed by atoms with Crippen molar-refractivity contribution >= 4 is 23.2 Å². The molecule has 1 heterocycles. The lowest BCUT2D eigenvalue weighted by Crippen LogP contribution is -2.12. The van der Waals surface area contributed by atoms with Gasteiger partial charge in [0, 0.05) is 22.5 Å². The minimum atomic E-state index is -0.241. The number of methoxy groups -OCH3 is 1. The highest BCUT2D eigenvalue weighted by atomic mass is 35.5. The van der Waals surface area contributed by atoms with Crippen molar-refractivity contribution in [1.29, 1.82) is 0 Å². The van der Waals surface area contributed by atoms with Gasteiger partial charge in [0.1, 0.15) is 11.4 Å². The molecule has 3 aromatic carbocycles. The van der Waals surface area contributed by atoms with Gasteiger partial charge in [-0.15, -0.1) is 0 Å². The fourth-order valence-electron chi connectivity index (χ4n) is 2.95. The number of rotatable bonds is 5. The molecule has 144 valence electrons. The Labute approximate surface area is 173 Å². The first kappa shape index (κ1) is 18.8. The van der Waals surface area contributed by atoms with E-state index in [1.54, 1.807) is 54.4 Å². The Balaban J connectivity index is 1.71. The molecule has 0 radical (unpaired) electrons. The van der Waals surface area contributed by atoms with Crippen LogP contribution >= 0.6 is 11.6 Å². The van der Waals surface area contributed by atoms with E-state index in [1.165, 1.54) is 0 Å². The van der Waals surface area contributed by atoms with Crippen LogP contribution in [0.3, 0.4) is 0 Å². The van der Waals surface area contributed by atoms with Gasteiger partial charge in [0.2, 0.25) is 0 Å².